The summed E-state index contributed by atoms with van der Waals surface area (Å²) in [5.74, 6) is -2.90. The lowest BCUT2D eigenvalue weighted by atomic mass is 9.64. The zero-order valence-electron chi connectivity index (χ0n) is 22.0. The highest BCUT2D eigenvalue weighted by Gasteiger charge is 2.53. The van der Waals surface area contributed by atoms with Crippen molar-refractivity contribution in [3.8, 4) is 11.5 Å². The Kier molecular flexibility index (Phi) is 7.75. The molecule has 0 radical (unpaired) electrons. The van der Waals surface area contributed by atoms with E-state index in [1.165, 1.54) is 37.7 Å². The molecule has 206 valence electrons. The van der Waals surface area contributed by atoms with Crippen LogP contribution in [0.4, 0.5) is 23.7 Å². The van der Waals surface area contributed by atoms with Crippen LogP contribution in [0.15, 0.2) is 30.3 Å². The van der Waals surface area contributed by atoms with Crippen molar-refractivity contribution in [2.45, 2.75) is 81.3 Å². The minimum Gasteiger partial charge on any atom is -0.493 e. The number of rotatable bonds is 6. The summed E-state index contributed by atoms with van der Waals surface area (Å²) in [4.78, 5) is 15.4. The summed E-state index contributed by atoms with van der Waals surface area (Å²) in [7, 11) is 3.28. The monoisotopic (exact) mass is 531 g/mol. The molecule has 2 saturated carbocycles. The smallest absolute Gasteiger partial charge is 0.319 e. The molecule has 0 spiro atoms. The van der Waals surface area contributed by atoms with Gasteiger partial charge in [0.15, 0.2) is 29.0 Å². The van der Waals surface area contributed by atoms with Crippen molar-refractivity contribution < 1.29 is 27.4 Å². The summed E-state index contributed by atoms with van der Waals surface area (Å²) < 4.78 is 52.1. The van der Waals surface area contributed by atoms with Gasteiger partial charge in [-0.15, -0.1) is 0 Å². The lowest BCUT2D eigenvalue weighted by Gasteiger charge is -2.47. The molecule has 2 aromatic carbocycles. The van der Waals surface area contributed by atoms with Crippen LogP contribution in [0.1, 0.15) is 63.4 Å². The zero-order valence-corrected chi connectivity index (χ0v) is 22.0. The Bertz CT molecular complexity index is 1170. The standard InChI is InChI=1S/C29H36F3N3O3/c1-37-23-11-8-18(16-24(23)38-2)29-13-12-19(17-25(29)35(15-14-29)20-6-4-3-5-7-20)33-28(36)34-22-10-9-21(30)26(31)27(22)32/h8-11,16,19-20,25H,3-7,12-15,17H2,1-2H3,(H2,33,34,36)/t19-,25+,29-/m0/s1. The Labute approximate surface area is 221 Å². The average Bonchev–Trinajstić information content (AvgIpc) is 3.33. The molecular formula is C29H36F3N3O3. The molecule has 0 unspecified atom stereocenters. The van der Waals surface area contributed by atoms with Gasteiger partial charge in [0.05, 0.1) is 19.9 Å². The Morgan fingerprint density at radius 2 is 1.71 bits per heavy atom. The number of benzene rings is 2. The highest BCUT2D eigenvalue weighted by Crippen LogP contribution is 2.51. The quantitative estimate of drug-likeness (QED) is 0.440. The number of carbonyl (C=O) groups excluding carboxylic acids is 1. The van der Waals surface area contributed by atoms with Gasteiger partial charge in [-0.05, 0) is 74.9 Å². The van der Waals surface area contributed by atoms with Gasteiger partial charge in [0, 0.05) is 23.5 Å². The van der Waals surface area contributed by atoms with Gasteiger partial charge in [0.1, 0.15) is 0 Å². The van der Waals surface area contributed by atoms with Gasteiger partial charge in [0.2, 0.25) is 0 Å². The van der Waals surface area contributed by atoms with Crippen molar-refractivity contribution in [1.82, 2.24) is 10.2 Å². The second-order valence-corrected chi connectivity index (χ2v) is 10.8. The van der Waals surface area contributed by atoms with Gasteiger partial charge in [-0.3, -0.25) is 4.90 Å². The largest absolute Gasteiger partial charge is 0.493 e. The number of urea groups is 1. The molecular weight excluding hydrogens is 495 g/mol. The van der Waals surface area contributed by atoms with Crippen LogP contribution in [0.25, 0.3) is 0 Å². The van der Waals surface area contributed by atoms with Crippen LogP contribution in [0, 0.1) is 17.5 Å². The van der Waals surface area contributed by atoms with Crippen molar-refractivity contribution in [2.24, 2.45) is 0 Å². The number of ether oxygens (including phenoxy) is 2. The SMILES string of the molecule is COc1ccc([C@@]23CC[C@H](NC(=O)Nc4ccc(F)c(F)c4F)C[C@H]2N(C2CCCCC2)CC3)cc1OC. The highest BCUT2D eigenvalue weighted by atomic mass is 19.2. The summed E-state index contributed by atoms with van der Waals surface area (Å²) in [6, 6.07) is 8.03. The third-order valence-electron chi connectivity index (χ3n) is 8.92. The molecule has 5 rings (SSSR count). The van der Waals surface area contributed by atoms with Crippen LogP contribution in [0.3, 0.4) is 0 Å². The molecule has 3 atom stereocenters. The molecule has 6 nitrogen and oxygen atoms in total. The summed E-state index contributed by atoms with van der Waals surface area (Å²) in [5.41, 5.74) is 0.768. The summed E-state index contributed by atoms with van der Waals surface area (Å²) in [6.45, 7) is 1.00. The van der Waals surface area contributed by atoms with E-state index in [4.69, 9.17) is 9.47 Å². The van der Waals surface area contributed by atoms with Crippen molar-refractivity contribution in [3.05, 3.63) is 53.3 Å². The number of hydrogen-bond donors (Lipinski definition) is 2. The first-order valence-corrected chi connectivity index (χ1v) is 13.6. The number of hydrogen-bond acceptors (Lipinski definition) is 4. The normalized spacial score (nSPS) is 26.0. The van der Waals surface area contributed by atoms with Crippen molar-refractivity contribution in [2.75, 3.05) is 26.1 Å². The number of anilines is 1. The summed E-state index contributed by atoms with van der Waals surface area (Å²) in [6.07, 6.45) is 9.53. The van der Waals surface area contributed by atoms with Gasteiger partial charge < -0.3 is 20.1 Å². The summed E-state index contributed by atoms with van der Waals surface area (Å²) >= 11 is 0. The fourth-order valence-corrected chi connectivity index (χ4v) is 7.01. The topological polar surface area (TPSA) is 62.8 Å². The molecule has 38 heavy (non-hydrogen) atoms. The van der Waals surface area contributed by atoms with Gasteiger partial charge in [-0.1, -0.05) is 25.3 Å². The van der Waals surface area contributed by atoms with Crippen LogP contribution in [0.2, 0.25) is 0 Å². The van der Waals surface area contributed by atoms with E-state index in [1.54, 1.807) is 14.2 Å². The first-order chi connectivity index (χ1) is 18.4. The van der Waals surface area contributed by atoms with Gasteiger partial charge in [-0.25, -0.2) is 18.0 Å². The molecule has 9 heteroatoms. The number of fused-ring (bicyclic) bond motifs is 1. The van der Waals surface area contributed by atoms with E-state index in [-0.39, 0.29) is 23.2 Å². The predicted octanol–water partition coefficient (Wildman–Crippen LogP) is 6.14. The van der Waals surface area contributed by atoms with Crippen LogP contribution in [-0.4, -0.2) is 49.8 Å². The molecule has 1 saturated heterocycles. The van der Waals surface area contributed by atoms with Gasteiger partial charge in [-0.2, -0.15) is 0 Å². The van der Waals surface area contributed by atoms with E-state index in [9.17, 15) is 18.0 Å². The third-order valence-corrected chi connectivity index (χ3v) is 8.92. The van der Waals surface area contributed by atoms with Crippen LogP contribution in [-0.2, 0) is 5.41 Å². The van der Waals surface area contributed by atoms with Gasteiger partial charge >= 0.3 is 6.03 Å². The van der Waals surface area contributed by atoms with Gasteiger partial charge in [0.25, 0.3) is 0 Å². The molecule has 2 N–H and O–H groups in total. The van der Waals surface area contributed by atoms with Crippen molar-refractivity contribution >= 4 is 11.7 Å². The molecule has 3 aliphatic rings. The zero-order chi connectivity index (χ0) is 26.9. The average molecular weight is 532 g/mol. The number of nitrogens with zero attached hydrogens (tertiary/aromatic N) is 1. The van der Waals surface area contributed by atoms with E-state index in [1.807, 2.05) is 6.07 Å². The molecule has 1 heterocycles. The number of nitrogens with one attached hydrogen (secondary N) is 2. The number of halogens is 3. The van der Waals surface area contributed by atoms with Crippen molar-refractivity contribution in [3.63, 3.8) is 0 Å². The maximum absolute atomic E-state index is 14.1. The van der Waals surface area contributed by atoms with Crippen LogP contribution >= 0.6 is 0 Å². The van der Waals surface area contributed by atoms with Crippen LogP contribution in [0.5, 0.6) is 11.5 Å². The van der Waals surface area contributed by atoms with Crippen molar-refractivity contribution in [1.29, 1.82) is 0 Å². The lowest BCUT2D eigenvalue weighted by Crippen LogP contribution is -2.55. The second kappa shape index (κ2) is 11.0. The molecule has 2 aromatic rings. The van der Waals surface area contributed by atoms with E-state index < -0.39 is 23.5 Å². The molecule has 3 fully saturated rings. The molecule has 1 aliphatic heterocycles. The fourth-order valence-electron chi connectivity index (χ4n) is 7.01. The molecule has 0 aromatic heterocycles. The molecule has 2 amide bonds. The van der Waals surface area contributed by atoms with E-state index in [0.29, 0.717) is 17.5 Å². The Balaban J connectivity index is 1.37. The van der Waals surface area contributed by atoms with E-state index in [0.717, 1.165) is 44.4 Å². The Hall–Kier alpha value is -2.94. The van der Waals surface area contributed by atoms with Crippen LogP contribution < -0.4 is 20.1 Å². The molecule has 0 bridgehead atoms. The number of methoxy groups -OCH3 is 2. The molecule has 2 aliphatic carbocycles. The lowest BCUT2D eigenvalue weighted by molar-refractivity contribution is 0.0825. The minimum atomic E-state index is -1.60. The number of amides is 2. The first kappa shape index (κ1) is 26.7. The van der Waals surface area contributed by atoms with E-state index in [2.05, 4.69) is 27.7 Å². The first-order valence-electron chi connectivity index (χ1n) is 13.6. The third kappa shape index (κ3) is 4.93. The maximum atomic E-state index is 14.1. The Morgan fingerprint density at radius 1 is 0.947 bits per heavy atom. The minimum absolute atomic E-state index is 0.0716. The number of carbonyl (C=O) groups is 1. The maximum Gasteiger partial charge on any atom is 0.319 e. The second-order valence-electron chi connectivity index (χ2n) is 10.8. The fraction of sp³-hybridized carbons (Fsp3) is 0.552. The summed E-state index contributed by atoms with van der Waals surface area (Å²) in [5, 5.41) is 5.32. The van der Waals surface area contributed by atoms with E-state index >= 15 is 0 Å². The Morgan fingerprint density at radius 3 is 2.45 bits per heavy atom. The predicted molar refractivity (Wildman–Crippen MR) is 139 cm³/mol. The number of likely N-dealkylation sites (tertiary alicyclic amines) is 1. The highest BCUT2D eigenvalue weighted by molar-refractivity contribution is 5.89.